The van der Waals surface area contributed by atoms with Crippen molar-refractivity contribution in [3.8, 4) is 0 Å². The van der Waals surface area contributed by atoms with Crippen LogP contribution >= 0.6 is 7.82 Å². The fraction of sp³-hybridized carbons (Fsp3) is 0.863. The number of rotatable bonds is 44. The Kier molecular flexibility index (Phi) is 39.5. The van der Waals surface area contributed by atoms with E-state index in [1.54, 1.807) is 0 Å². The molecule has 0 radical (unpaired) electrons. The minimum atomic E-state index is -5.02. The monoisotopic (exact) mass is 931 g/mol. The van der Waals surface area contributed by atoms with E-state index in [0.29, 0.717) is 13.0 Å². The molecule has 12 nitrogen and oxygen atoms in total. The maximum atomic E-state index is 12.8. The molecule has 0 spiro atoms. The predicted octanol–water partition coefficient (Wildman–Crippen LogP) is 11.4. The Morgan fingerprint density at radius 2 is 0.922 bits per heavy atom. The molecule has 6 N–H and O–H groups in total. The number of phosphoric acid groups is 1. The van der Waals surface area contributed by atoms with Crippen LogP contribution in [0.5, 0.6) is 0 Å². The SMILES string of the molecule is CC/C=C\C/C=C\C/C=C\CCCCCCCCCC(=O)OC(COCCCCCCCCCCCCCCCCCCCCCC)COP(=O)(O)OC1C(O)C(O)C(O)C(O)C1O. The molecule has 0 aromatic carbocycles. The van der Waals surface area contributed by atoms with Crippen LogP contribution in [0.25, 0.3) is 0 Å². The number of carbonyl (C=O) groups is 1. The molecule has 1 aliphatic carbocycles. The number of hydrogen-bond acceptors (Lipinski definition) is 11. The molecule has 6 unspecified atom stereocenters. The molecule has 64 heavy (non-hydrogen) atoms. The summed E-state index contributed by atoms with van der Waals surface area (Å²) in [6, 6.07) is 0. The Balaban J connectivity index is 2.33. The van der Waals surface area contributed by atoms with Gasteiger partial charge in [-0.25, -0.2) is 4.57 Å². The van der Waals surface area contributed by atoms with Crippen LogP contribution in [0.4, 0.5) is 0 Å². The number of allylic oxidation sites excluding steroid dienone is 6. The average molecular weight is 931 g/mol. The molecular formula is C51H95O12P. The van der Waals surface area contributed by atoms with Crippen molar-refractivity contribution >= 4 is 13.8 Å². The van der Waals surface area contributed by atoms with Gasteiger partial charge in [0.05, 0.1) is 13.2 Å². The van der Waals surface area contributed by atoms with E-state index in [0.717, 1.165) is 77.0 Å². The minimum Gasteiger partial charge on any atom is -0.457 e. The van der Waals surface area contributed by atoms with Gasteiger partial charge in [0.15, 0.2) is 0 Å². The van der Waals surface area contributed by atoms with Crippen molar-refractivity contribution in [1.82, 2.24) is 0 Å². The van der Waals surface area contributed by atoms with E-state index < -0.39 is 63.1 Å². The summed E-state index contributed by atoms with van der Waals surface area (Å²) in [6.07, 6.45) is 37.8. The highest BCUT2D eigenvalue weighted by molar-refractivity contribution is 7.47. The second-order valence-electron chi connectivity index (χ2n) is 18.0. The molecule has 0 aromatic heterocycles. The van der Waals surface area contributed by atoms with Gasteiger partial charge in [-0.3, -0.25) is 13.8 Å². The lowest BCUT2D eigenvalue weighted by atomic mass is 9.85. The zero-order valence-corrected chi connectivity index (χ0v) is 41.2. The summed E-state index contributed by atoms with van der Waals surface area (Å²) in [6.45, 7) is 4.17. The van der Waals surface area contributed by atoms with E-state index in [1.165, 1.54) is 116 Å². The second kappa shape index (κ2) is 41.7. The second-order valence-corrected chi connectivity index (χ2v) is 19.4. The molecule has 0 bridgehead atoms. The van der Waals surface area contributed by atoms with Crippen molar-refractivity contribution in [2.24, 2.45) is 0 Å². The fourth-order valence-electron chi connectivity index (χ4n) is 7.96. The first-order valence-corrected chi connectivity index (χ1v) is 27.3. The quantitative estimate of drug-likeness (QED) is 0.0147. The highest BCUT2D eigenvalue weighted by Crippen LogP contribution is 2.47. The van der Waals surface area contributed by atoms with E-state index in [4.69, 9.17) is 18.5 Å². The third-order valence-electron chi connectivity index (χ3n) is 12.0. The van der Waals surface area contributed by atoms with Gasteiger partial charge in [0, 0.05) is 13.0 Å². The molecule has 0 aliphatic heterocycles. The molecule has 1 fully saturated rings. The van der Waals surface area contributed by atoms with Crippen LogP contribution in [0, 0.1) is 0 Å². The summed E-state index contributed by atoms with van der Waals surface area (Å²) in [5.74, 6) is -0.484. The van der Waals surface area contributed by atoms with Crippen LogP contribution in [-0.2, 0) is 27.9 Å². The third kappa shape index (κ3) is 33.1. The van der Waals surface area contributed by atoms with Crippen molar-refractivity contribution in [3.05, 3.63) is 36.5 Å². The van der Waals surface area contributed by atoms with E-state index >= 15 is 0 Å². The molecule has 13 heteroatoms. The molecular weight excluding hydrogens is 836 g/mol. The number of esters is 1. The van der Waals surface area contributed by atoms with Gasteiger partial charge in [0.2, 0.25) is 0 Å². The largest absolute Gasteiger partial charge is 0.472 e. The van der Waals surface area contributed by atoms with Crippen LogP contribution in [-0.4, -0.2) is 98.9 Å². The standard InChI is InChI=1S/C51H95O12P/c1-3-5-7-9-11-13-15-17-19-21-22-23-25-27-29-31-33-35-37-39-41-60-42-44(43-61-64(58,59)63-51-49(56)47(54)46(53)48(55)50(51)57)62-45(52)40-38-36-34-32-30-28-26-24-20-18-16-14-12-10-8-6-4-2/h6,8,12,14,18,20,44,46-51,53-57H,3-5,7,9-11,13,15-17,19,21-43H2,1-2H3,(H,58,59)/b8-6-,14-12-,20-18-. The van der Waals surface area contributed by atoms with Crippen molar-refractivity contribution < 1.29 is 58.3 Å². The summed E-state index contributed by atoms with van der Waals surface area (Å²) in [5.41, 5.74) is 0. The van der Waals surface area contributed by atoms with Gasteiger partial charge in [-0.2, -0.15) is 0 Å². The smallest absolute Gasteiger partial charge is 0.457 e. The first-order chi connectivity index (χ1) is 31.0. The Morgan fingerprint density at radius 3 is 1.41 bits per heavy atom. The Labute approximate surface area is 389 Å². The van der Waals surface area contributed by atoms with Gasteiger partial charge in [-0.15, -0.1) is 0 Å². The maximum absolute atomic E-state index is 12.8. The van der Waals surface area contributed by atoms with Crippen LogP contribution in [0.2, 0.25) is 0 Å². The highest BCUT2D eigenvalue weighted by Gasteiger charge is 2.51. The number of ether oxygens (including phenoxy) is 2. The van der Waals surface area contributed by atoms with Crippen molar-refractivity contribution in [2.45, 2.75) is 262 Å². The first-order valence-electron chi connectivity index (χ1n) is 25.8. The zero-order valence-electron chi connectivity index (χ0n) is 40.3. The Morgan fingerprint density at radius 1 is 0.516 bits per heavy atom. The number of hydrogen-bond donors (Lipinski definition) is 6. The summed E-state index contributed by atoms with van der Waals surface area (Å²) in [7, 11) is -5.02. The lowest BCUT2D eigenvalue weighted by molar-refractivity contribution is -0.220. The van der Waals surface area contributed by atoms with Gasteiger partial charge in [-0.1, -0.05) is 204 Å². The highest BCUT2D eigenvalue weighted by atomic mass is 31.2. The lowest BCUT2D eigenvalue weighted by Crippen LogP contribution is -2.64. The van der Waals surface area contributed by atoms with Gasteiger partial charge in [-0.05, 0) is 44.9 Å². The molecule has 6 atom stereocenters. The van der Waals surface area contributed by atoms with E-state index in [2.05, 4.69) is 50.3 Å². The van der Waals surface area contributed by atoms with E-state index in [1.807, 2.05) is 0 Å². The molecule has 0 aromatic rings. The van der Waals surface area contributed by atoms with Crippen LogP contribution in [0.3, 0.4) is 0 Å². The number of phosphoric ester groups is 1. The van der Waals surface area contributed by atoms with Gasteiger partial charge in [0.25, 0.3) is 0 Å². The van der Waals surface area contributed by atoms with Gasteiger partial charge >= 0.3 is 13.8 Å². The van der Waals surface area contributed by atoms with Gasteiger partial charge < -0.3 is 39.9 Å². The molecule has 0 heterocycles. The molecule has 376 valence electrons. The van der Waals surface area contributed by atoms with Crippen molar-refractivity contribution in [2.75, 3.05) is 19.8 Å². The molecule has 1 saturated carbocycles. The van der Waals surface area contributed by atoms with E-state index in [9.17, 15) is 39.8 Å². The topological polar surface area (TPSA) is 192 Å². The molecule has 0 saturated heterocycles. The van der Waals surface area contributed by atoms with Crippen molar-refractivity contribution in [3.63, 3.8) is 0 Å². The summed E-state index contributed by atoms with van der Waals surface area (Å²) in [4.78, 5) is 23.2. The summed E-state index contributed by atoms with van der Waals surface area (Å²) >= 11 is 0. The van der Waals surface area contributed by atoms with Crippen molar-refractivity contribution in [1.29, 1.82) is 0 Å². The summed E-state index contributed by atoms with van der Waals surface area (Å²) < 4.78 is 34.3. The first kappa shape index (κ1) is 60.6. The fourth-order valence-corrected chi connectivity index (χ4v) is 8.93. The molecule has 1 rings (SSSR count). The predicted molar refractivity (Wildman–Crippen MR) is 258 cm³/mol. The van der Waals surface area contributed by atoms with Gasteiger partial charge in [0.1, 0.15) is 42.7 Å². The molecule has 0 amide bonds. The zero-order chi connectivity index (χ0) is 46.9. The van der Waals surface area contributed by atoms with E-state index in [-0.39, 0.29) is 13.0 Å². The Bertz CT molecular complexity index is 1200. The number of carbonyl (C=O) groups excluding carboxylic acids is 1. The maximum Gasteiger partial charge on any atom is 0.472 e. The van der Waals surface area contributed by atoms with Crippen LogP contribution in [0.15, 0.2) is 36.5 Å². The number of aliphatic hydroxyl groups is 5. The van der Waals surface area contributed by atoms with Crippen LogP contribution in [0.1, 0.15) is 219 Å². The minimum absolute atomic E-state index is 0.0777. The Hall–Kier alpha value is -1.44. The third-order valence-corrected chi connectivity index (χ3v) is 13.0. The average Bonchev–Trinajstić information content (AvgIpc) is 3.28. The lowest BCUT2D eigenvalue weighted by Gasteiger charge is -2.41. The number of aliphatic hydroxyl groups excluding tert-OH is 5. The number of unbranched alkanes of at least 4 members (excludes halogenated alkanes) is 26. The molecule has 1 aliphatic rings. The summed E-state index contributed by atoms with van der Waals surface area (Å²) in [5, 5.41) is 50.3. The van der Waals surface area contributed by atoms with Crippen LogP contribution < -0.4 is 0 Å². The normalized spacial score (nSPS) is 21.9.